The second kappa shape index (κ2) is 4.20. The average molecular weight is 265 g/mol. The van der Waals surface area contributed by atoms with Crippen molar-refractivity contribution in [3.8, 4) is 5.69 Å². The number of thioether (sulfide) groups is 1. The molecule has 1 aromatic carbocycles. The van der Waals surface area contributed by atoms with Crippen LogP contribution in [0.3, 0.4) is 0 Å². The zero-order valence-electron chi connectivity index (χ0n) is 8.89. The summed E-state index contributed by atoms with van der Waals surface area (Å²) in [6.45, 7) is 0. The van der Waals surface area contributed by atoms with Crippen LogP contribution in [-0.2, 0) is 5.75 Å². The van der Waals surface area contributed by atoms with E-state index >= 15 is 0 Å². The fourth-order valence-electron chi connectivity index (χ4n) is 1.87. The smallest absolute Gasteiger partial charge is 0.176 e. The number of halogens is 1. The number of rotatable bonds is 1. The number of carbonyl (C=O) groups is 1. The molecule has 0 spiro atoms. The fourth-order valence-corrected chi connectivity index (χ4v) is 2.91. The molecule has 17 heavy (non-hydrogen) atoms. The van der Waals surface area contributed by atoms with Gasteiger partial charge in [-0.3, -0.25) is 4.79 Å². The van der Waals surface area contributed by atoms with Crippen molar-refractivity contribution in [3.05, 3.63) is 46.7 Å². The molecular weight excluding hydrogens is 256 g/mol. The molecule has 0 atom stereocenters. The Bertz CT molecular complexity index is 577. The van der Waals surface area contributed by atoms with E-state index in [1.807, 2.05) is 28.9 Å². The van der Waals surface area contributed by atoms with Crippen molar-refractivity contribution in [2.24, 2.45) is 0 Å². The van der Waals surface area contributed by atoms with Gasteiger partial charge >= 0.3 is 0 Å². The highest BCUT2D eigenvalue weighted by Crippen LogP contribution is 2.26. The molecule has 0 N–H and O–H groups in total. The van der Waals surface area contributed by atoms with Crippen molar-refractivity contribution < 1.29 is 4.79 Å². The van der Waals surface area contributed by atoms with Gasteiger partial charge in [0.2, 0.25) is 0 Å². The number of Topliss-reactive ketones (excluding diaryl/α,β-unsaturated/α-hetero) is 1. The summed E-state index contributed by atoms with van der Waals surface area (Å²) in [5.41, 5.74) is 2.67. The molecule has 0 saturated carbocycles. The predicted molar refractivity (Wildman–Crippen MR) is 69.1 cm³/mol. The van der Waals surface area contributed by atoms with Crippen molar-refractivity contribution in [3.63, 3.8) is 0 Å². The molecule has 0 aliphatic carbocycles. The molecule has 3 nitrogen and oxygen atoms in total. The van der Waals surface area contributed by atoms with Crippen molar-refractivity contribution in [2.45, 2.75) is 5.75 Å². The Morgan fingerprint density at radius 2 is 2.00 bits per heavy atom. The van der Waals surface area contributed by atoms with Gasteiger partial charge in [-0.1, -0.05) is 11.6 Å². The lowest BCUT2D eigenvalue weighted by molar-refractivity contribution is 0.102. The lowest BCUT2D eigenvalue weighted by atomic mass is 10.2. The molecule has 1 aromatic heterocycles. The van der Waals surface area contributed by atoms with E-state index in [9.17, 15) is 4.79 Å². The molecule has 0 unspecified atom stereocenters. The molecule has 86 valence electrons. The van der Waals surface area contributed by atoms with Crippen LogP contribution in [0.2, 0.25) is 5.02 Å². The number of nitrogens with zero attached hydrogens (tertiary/aromatic N) is 2. The fraction of sp³-hybridized carbons (Fsp3) is 0.167. The third-order valence-electron chi connectivity index (χ3n) is 2.71. The number of carbonyl (C=O) groups excluding carboxylic acids is 1. The largest absolute Gasteiger partial charge is 0.293 e. The van der Waals surface area contributed by atoms with Gasteiger partial charge in [0.05, 0.1) is 28.9 Å². The maximum Gasteiger partial charge on any atom is 0.176 e. The molecule has 2 aromatic rings. The minimum absolute atomic E-state index is 0.163. The van der Waals surface area contributed by atoms with Crippen LogP contribution in [0.1, 0.15) is 16.1 Å². The van der Waals surface area contributed by atoms with Crippen molar-refractivity contribution in [2.75, 3.05) is 5.75 Å². The van der Waals surface area contributed by atoms with Crippen LogP contribution in [-0.4, -0.2) is 21.3 Å². The lowest BCUT2D eigenvalue weighted by Gasteiger charge is -2.12. The van der Waals surface area contributed by atoms with E-state index in [-0.39, 0.29) is 5.78 Å². The van der Waals surface area contributed by atoms with Crippen LogP contribution in [0.25, 0.3) is 5.69 Å². The van der Waals surface area contributed by atoms with E-state index in [0.29, 0.717) is 10.8 Å². The van der Waals surface area contributed by atoms with Crippen LogP contribution < -0.4 is 0 Å². The van der Waals surface area contributed by atoms with Gasteiger partial charge in [0, 0.05) is 10.8 Å². The molecular formula is C12H9ClN2OS. The summed E-state index contributed by atoms with van der Waals surface area (Å²) < 4.78 is 1.82. The first kappa shape index (κ1) is 10.9. The lowest BCUT2D eigenvalue weighted by Crippen LogP contribution is -2.13. The standard InChI is InChI=1S/C12H9ClN2OS/c13-8-1-3-9(4-2-8)15-11-6-17-7-12(16)10(11)5-14-15/h1-5H,6-7H2. The first-order chi connectivity index (χ1) is 8.25. The van der Waals surface area contributed by atoms with E-state index in [1.54, 1.807) is 18.0 Å². The number of benzene rings is 1. The van der Waals surface area contributed by atoms with Crippen LogP contribution >= 0.6 is 23.4 Å². The monoisotopic (exact) mass is 264 g/mol. The Labute approximate surface area is 108 Å². The van der Waals surface area contributed by atoms with E-state index in [4.69, 9.17) is 11.6 Å². The normalized spacial score (nSPS) is 14.8. The molecule has 3 rings (SSSR count). The molecule has 0 saturated heterocycles. The Balaban J connectivity index is 2.10. The third-order valence-corrected chi connectivity index (χ3v) is 3.91. The van der Waals surface area contributed by atoms with Crippen LogP contribution in [0.5, 0.6) is 0 Å². The van der Waals surface area contributed by atoms with E-state index < -0.39 is 0 Å². The van der Waals surface area contributed by atoms with Crippen LogP contribution in [0, 0.1) is 0 Å². The van der Waals surface area contributed by atoms with Crippen LogP contribution in [0.4, 0.5) is 0 Å². The van der Waals surface area contributed by atoms with E-state index in [0.717, 1.165) is 22.7 Å². The first-order valence-corrected chi connectivity index (χ1v) is 6.73. The zero-order chi connectivity index (χ0) is 11.8. The number of aromatic nitrogens is 2. The summed E-state index contributed by atoms with van der Waals surface area (Å²) in [4.78, 5) is 11.7. The molecule has 5 heteroatoms. The van der Waals surface area contributed by atoms with Gasteiger partial charge in [-0.2, -0.15) is 5.10 Å². The Morgan fingerprint density at radius 3 is 2.76 bits per heavy atom. The topological polar surface area (TPSA) is 34.9 Å². The van der Waals surface area contributed by atoms with Crippen molar-refractivity contribution in [1.82, 2.24) is 9.78 Å². The van der Waals surface area contributed by atoms with Crippen LogP contribution in [0.15, 0.2) is 30.5 Å². The molecule has 2 heterocycles. The third kappa shape index (κ3) is 1.87. The first-order valence-electron chi connectivity index (χ1n) is 5.19. The van der Waals surface area contributed by atoms with Gasteiger partial charge in [0.25, 0.3) is 0 Å². The molecule has 0 amide bonds. The molecule has 1 aliphatic heterocycles. The van der Waals surface area contributed by atoms with E-state index in [1.165, 1.54) is 0 Å². The maximum absolute atomic E-state index is 11.7. The van der Waals surface area contributed by atoms with Crippen molar-refractivity contribution >= 4 is 29.1 Å². The van der Waals surface area contributed by atoms with Gasteiger partial charge in [0.1, 0.15) is 0 Å². The summed E-state index contributed by atoms with van der Waals surface area (Å²) in [5.74, 6) is 1.54. The number of hydrogen-bond acceptors (Lipinski definition) is 3. The summed E-state index contributed by atoms with van der Waals surface area (Å²) in [6, 6.07) is 7.45. The average Bonchev–Trinajstić information content (AvgIpc) is 2.75. The number of ketones is 1. The second-order valence-corrected chi connectivity index (χ2v) is 5.23. The quantitative estimate of drug-likeness (QED) is 0.794. The van der Waals surface area contributed by atoms with Crippen molar-refractivity contribution in [1.29, 1.82) is 0 Å². The zero-order valence-corrected chi connectivity index (χ0v) is 10.5. The summed E-state index contributed by atoms with van der Waals surface area (Å²) in [5, 5.41) is 4.98. The minimum Gasteiger partial charge on any atom is -0.293 e. The number of hydrogen-bond donors (Lipinski definition) is 0. The Morgan fingerprint density at radius 1 is 1.24 bits per heavy atom. The van der Waals surface area contributed by atoms with Gasteiger partial charge in [0.15, 0.2) is 5.78 Å². The molecule has 0 bridgehead atoms. The summed E-state index contributed by atoms with van der Waals surface area (Å²) in [6.07, 6.45) is 1.66. The molecule has 0 fully saturated rings. The summed E-state index contributed by atoms with van der Waals surface area (Å²) in [7, 11) is 0. The molecule has 1 aliphatic rings. The van der Waals surface area contributed by atoms with Gasteiger partial charge < -0.3 is 0 Å². The van der Waals surface area contributed by atoms with Gasteiger partial charge in [-0.25, -0.2) is 4.68 Å². The Kier molecular flexibility index (Phi) is 2.68. The minimum atomic E-state index is 0.163. The maximum atomic E-state index is 11.7. The highest BCUT2D eigenvalue weighted by atomic mass is 35.5. The van der Waals surface area contributed by atoms with E-state index in [2.05, 4.69) is 5.10 Å². The molecule has 0 radical (unpaired) electrons. The highest BCUT2D eigenvalue weighted by molar-refractivity contribution is 7.99. The van der Waals surface area contributed by atoms with Gasteiger partial charge in [-0.15, -0.1) is 11.8 Å². The number of fused-ring (bicyclic) bond motifs is 1. The second-order valence-electron chi connectivity index (χ2n) is 3.81. The predicted octanol–water partition coefficient (Wildman–Crippen LogP) is 2.96. The highest BCUT2D eigenvalue weighted by Gasteiger charge is 2.22. The summed E-state index contributed by atoms with van der Waals surface area (Å²) >= 11 is 7.48. The van der Waals surface area contributed by atoms with Gasteiger partial charge in [-0.05, 0) is 24.3 Å². The SMILES string of the molecule is O=C1CSCc2c1cnn2-c1ccc(Cl)cc1. The Hall–Kier alpha value is -1.26.